The molecular weight excluding hydrogens is 516 g/mol. The Hall–Kier alpha value is -3.79. The number of H-pyrrole nitrogens is 1. The summed E-state index contributed by atoms with van der Waals surface area (Å²) in [5, 5.41) is 14.5. The Labute approximate surface area is 230 Å². The Bertz CT molecular complexity index is 1610. The van der Waals surface area contributed by atoms with Crippen LogP contribution in [0, 0.1) is 6.92 Å². The molecule has 2 atom stereocenters. The Kier molecular flexibility index (Phi) is 7.28. The maximum Gasteiger partial charge on any atom is 0.253 e. The van der Waals surface area contributed by atoms with E-state index in [9.17, 15) is 4.79 Å². The first-order valence-corrected chi connectivity index (χ1v) is 13.4. The quantitative estimate of drug-likeness (QED) is 0.277. The summed E-state index contributed by atoms with van der Waals surface area (Å²) in [4.78, 5) is 18.9. The number of fused-ring (bicyclic) bond motifs is 1. The van der Waals surface area contributed by atoms with Gasteiger partial charge in [-0.15, -0.1) is 5.10 Å². The van der Waals surface area contributed by atoms with Crippen LogP contribution >= 0.6 is 11.6 Å². The van der Waals surface area contributed by atoms with Gasteiger partial charge in [0.2, 0.25) is 0 Å². The van der Waals surface area contributed by atoms with Crippen molar-refractivity contribution in [3.05, 3.63) is 111 Å². The summed E-state index contributed by atoms with van der Waals surface area (Å²) in [7, 11) is 0. The Balaban J connectivity index is 1.50. The number of aromatic amines is 1. The summed E-state index contributed by atoms with van der Waals surface area (Å²) in [6.45, 7) is 4.21. The molecule has 1 saturated heterocycles. The number of pyridine rings is 1. The van der Waals surface area contributed by atoms with Gasteiger partial charge in [-0.2, -0.15) is 0 Å². The van der Waals surface area contributed by atoms with Gasteiger partial charge in [-0.1, -0.05) is 35.4 Å². The van der Waals surface area contributed by atoms with Crippen molar-refractivity contribution in [2.45, 2.75) is 51.5 Å². The molecule has 0 saturated carbocycles. The predicted molar refractivity (Wildman–Crippen MR) is 147 cm³/mol. The molecule has 10 heteroatoms. The lowest BCUT2D eigenvalue weighted by Crippen LogP contribution is -2.35. The average molecular weight is 545 g/mol. The minimum absolute atomic E-state index is 0.0280. The number of rotatable bonds is 9. The van der Waals surface area contributed by atoms with Crippen LogP contribution in [0.2, 0.25) is 5.02 Å². The number of furan rings is 1. The number of benzene rings is 2. The van der Waals surface area contributed by atoms with Gasteiger partial charge >= 0.3 is 0 Å². The minimum atomic E-state index is -0.573. The first-order valence-electron chi connectivity index (χ1n) is 13.1. The fourth-order valence-electron chi connectivity index (χ4n) is 5.23. The lowest BCUT2D eigenvalue weighted by Gasteiger charge is -2.30. The second-order valence-corrected chi connectivity index (χ2v) is 10.4. The normalized spacial score (nSPS) is 16.3. The number of hydrogen-bond donors (Lipinski definition) is 1. The van der Waals surface area contributed by atoms with E-state index in [1.165, 1.54) is 0 Å². The van der Waals surface area contributed by atoms with E-state index in [-0.39, 0.29) is 11.7 Å². The Morgan fingerprint density at radius 1 is 1.15 bits per heavy atom. The van der Waals surface area contributed by atoms with E-state index < -0.39 is 6.04 Å². The molecule has 5 aromatic rings. The Morgan fingerprint density at radius 2 is 2.03 bits per heavy atom. The lowest BCUT2D eigenvalue weighted by atomic mass is 10.0. The van der Waals surface area contributed by atoms with Gasteiger partial charge in [-0.3, -0.25) is 9.69 Å². The smallest absolute Gasteiger partial charge is 0.253 e. The molecule has 9 nitrogen and oxygen atoms in total. The van der Waals surface area contributed by atoms with Crippen molar-refractivity contribution in [2.24, 2.45) is 0 Å². The van der Waals surface area contributed by atoms with E-state index in [1.54, 1.807) is 10.9 Å². The highest BCUT2D eigenvalue weighted by atomic mass is 35.5. The number of tetrazole rings is 1. The highest BCUT2D eigenvalue weighted by Gasteiger charge is 2.32. The van der Waals surface area contributed by atoms with Crippen molar-refractivity contribution in [1.82, 2.24) is 30.1 Å². The van der Waals surface area contributed by atoms with Crippen LogP contribution in [0.1, 0.15) is 47.2 Å². The van der Waals surface area contributed by atoms with E-state index in [4.69, 9.17) is 20.8 Å². The molecule has 0 unspecified atom stereocenters. The van der Waals surface area contributed by atoms with Gasteiger partial charge in [0.05, 0.1) is 25.5 Å². The second kappa shape index (κ2) is 11.1. The molecule has 0 amide bonds. The molecule has 0 spiro atoms. The van der Waals surface area contributed by atoms with Gasteiger partial charge in [-0.25, -0.2) is 4.68 Å². The van der Waals surface area contributed by atoms with Crippen LogP contribution in [0.15, 0.2) is 76.1 Å². The number of aryl methyl sites for hydroxylation is 1. The first-order chi connectivity index (χ1) is 19.0. The molecule has 39 heavy (non-hydrogen) atoms. The van der Waals surface area contributed by atoms with E-state index in [2.05, 4.69) is 31.5 Å². The third kappa shape index (κ3) is 5.66. The zero-order chi connectivity index (χ0) is 26.8. The maximum atomic E-state index is 13.7. The second-order valence-electron chi connectivity index (χ2n) is 10.0. The molecule has 2 aromatic carbocycles. The fraction of sp³-hybridized carbons (Fsp3) is 0.310. The summed E-state index contributed by atoms with van der Waals surface area (Å²) in [6.07, 6.45) is 3.63. The summed E-state index contributed by atoms with van der Waals surface area (Å²) < 4.78 is 13.4. The van der Waals surface area contributed by atoms with Crippen LogP contribution in [0.3, 0.4) is 0 Å². The molecule has 1 fully saturated rings. The zero-order valence-electron chi connectivity index (χ0n) is 21.6. The number of aromatic nitrogens is 5. The molecule has 6 rings (SSSR count). The van der Waals surface area contributed by atoms with Gasteiger partial charge < -0.3 is 14.1 Å². The number of hydrogen-bond acceptors (Lipinski definition) is 7. The van der Waals surface area contributed by atoms with Crippen molar-refractivity contribution in [3.63, 3.8) is 0 Å². The molecular formula is C29H29ClN6O3. The monoisotopic (exact) mass is 544 g/mol. The Morgan fingerprint density at radius 3 is 2.79 bits per heavy atom. The molecule has 3 aromatic heterocycles. The van der Waals surface area contributed by atoms with Gasteiger partial charge in [-0.05, 0) is 83.6 Å². The zero-order valence-corrected chi connectivity index (χ0v) is 22.3. The highest BCUT2D eigenvalue weighted by Crippen LogP contribution is 2.31. The van der Waals surface area contributed by atoms with Gasteiger partial charge in [0.15, 0.2) is 5.82 Å². The molecule has 0 bridgehead atoms. The van der Waals surface area contributed by atoms with Crippen molar-refractivity contribution < 1.29 is 9.15 Å². The predicted octanol–water partition coefficient (Wildman–Crippen LogP) is 5.04. The van der Waals surface area contributed by atoms with E-state index >= 15 is 0 Å². The van der Waals surface area contributed by atoms with Crippen LogP contribution in [0.25, 0.3) is 10.9 Å². The van der Waals surface area contributed by atoms with Crippen molar-refractivity contribution >= 4 is 22.5 Å². The average Bonchev–Trinajstić information content (AvgIpc) is 3.71. The third-order valence-electron chi connectivity index (χ3n) is 7.13. The minimum Gasteiger partial charge on any atom is -0.468 e. The standard InChI is InChI=1S/C29H29ClN6O3/c1-19-6-11-26-21(14-19)15-25(29(37)31-26)27(28-32-33-34-36(28)18-24-5-3-13-39-24)35(17-23-4-2-12-38-23)16-20-7-9-22(30)10-8-20/h2,4,6-12,14-15,24,27H,3,5,13,16-18H2,1H3,(H,31,37)/t24-,27-/m0/s1. The van der Waals surface area contributed by atoms with Crippen LogP contribution in [0.4, 0.5) is 0 Å². The SMILES string of the molecule is Cc1ccc2[nH]c(=O)c([C@@H](c3nnnn3C[C@@H]3CCCO3)N(Cc3ccc(Cl)cc3)Cc3ccco3)cc2c1. The molecule has 1 aliphatic heterocycles. The fourth-order valence-corrected chi connectivity index (χ4v) is 5.36. The lowest BCUT2D eigenvalue weighted by molar-refractivity contribution is 0.0901. The number of ether oxygens (including phenoxy) is 1. The summed E-state index contributed by atoms with van der Waals surface area (Å²) in [5.74, 6) is 1.34. The first kappa shape index (κ1) is 25.5. The maximum absolute atomic E-state index is 13.7. The topological polar surface area (TPSA) is 102 Å². The third-order valence-corrected chi connectivity index (χ3v) is 7.38. The van der Waals surface area contributed by atoms with E-state index in [1.807, 2.05) is 61.5 Å². The largest absolute Gasteiger partial charge is 0.468 e. The van der Waals surface area contributed by atoms with Gasteiger partial charge in [0.1, 0.15) is 11.8 Å². The van der Waals surface area contributed by atoms with E-state index in [0.717, 1.165) is 47.2 Å². The molecule has 1 aliphatic rings. The molecule has 0 aliphatic carbocycles. The van der Waals surface area contributed by atoms with Gasteiger partial charge in [0.25, 0.3) is 5.56 Å². The number of nitrogens with zero attached hydrogens (tertiary/aromatic N) is 5. The molecule has 200 valence electrons. The highest BCUT2D eigenvalue weighted by molar-refractivity contribution is 6.30. The molecule has 4 heterocycles. The summed E-state index contributed by atoms with van der Waals surface area (Å²) in [5.41, 5.74) is 3.28. The van der Waals surface area contributed by atoms with E-state index in [0.29, 0.717) is 36.0 Å². The molecule has 0 radical (unpaired) electrons. The van der Waals surface area contributed by atoms with Crippen LogP contribution < -0.4 is 5.56 Å². The number of nitrogens with one attached hydrogen (secondary N) is 1. The van der Waals surface area contributed by atoms with Crippen molar-refractivity contribution in [2.75, 3.05) is 6.61 Å². The van der Waals surface area contributed by atoms with Gasteiger partial charge in [0, 0.05) is 29.3 Å². The van der Waals surface area contributed by atoms with Crippen molar-refractivity contribution in [1.29, 1.82) is 0 Å². The molecule has 1 N–H and O–H groups in total. The van der Waals surface area contributed by atoms with Crippen LogP contribution in [-0.2, 0) is 24.4 Å². The summed E-state index contributed by atoms with van der Waals surface area (Å²) >= 11 is 6.18. The van der Waals surface area contributed by atoms with Crippen LogP contribution in [-0.4, -0.2) is 42.8 Å². The van der Waals surface area contributed by atoms with Crippen molar-refractivity contribution in [3.8, 4) is 0 Å². The number of halogens is 1. The summed E-state index contributed by atoms with van der Waals surface area (Å²) in [6, 6.07) is 18.8. The van der Waals surface area contributed by atoms with Crippen LogP contribution in [0.5, 0.6) is 0 Å².